The van der Waals surface area contributed by atoms with Crippen LogP contribution in [0, 0.1) is 5.82 Å². The molecule has 0 radical (unpaired) electrons. The highest BCUT2D eigenvalue weighted by Gasteiger charge is 2.34. The van der Waals surface area contributed by atoms with E-state index in [9.17, 15) is 9.18 Å². The lowest BCUT2D eigenvalue weighted by Crippen LogP contribution is -2.48. The molecule has 25 heavy (non-hydrogen) atoms. The van der Waals surface area contributed by atoms with Crippen LogP contribution < -0.4 is 5.32 Å². The number of halogens is 1. The maximum absolute atomic E-state index is 13.7. The van der Waals surface area contributed by atoms with Crippen LogP contribution in [-0.4, -0.2) is 42.8 Å². The van der Waals surface area contributed by atoms with Crippen LogP contribution in [0.5, 0.6) is 0 Å². The Hall–Kier alpha value is -2.25. The minimum absolute atomic E-state index is 0.133. The second-order valence-electron chi connectivity index (χ2n) is 5.46. The molecule has 1 aromatic carbocycles. The number of rotatable bonds is 7. The molecule has 5 nitrogen and oxygen atoms in total. The second-order valence-corrected chi connectivity index (χ2v) is 5.85. The molecule has 1 N–H and O–H groups in total. The summed E-state index contributed by atoms with van der Waals surface area (Å²) in [6, 6.07) is 5.47. The smallest absolute Gasteiger partial charge is 0.338 e. The quantitative estimate of drug-likeness (QED) is 0.347. The molecule has 1 heterocycles. The van der Waals surface area contributed by atoms with Gasteiger partial charge < -0.3 is 19.7 Å². The van der Waals surface area contributed by atoms with Crippen molar-refractivity contribution in [2.24, 2.45) is 0 Å². The molecule has 134 valence electrons. The summed E-state index contributed by atoms with van der Waals surface area (Å²) in [6.07, 6.45) is 1.69. The van der Waals surface area contributed by atoms with E-state index in [0.29, 0.717) is 35.1 Å². The molecule has 1 atom stereocenters. The lowest BCUT2D eigenvalue weighted by molar-refractivity contribution is -0.140. The second kappa shape index (κ2) is 8.73. The van der Waals surface area contributed by atoms with E-state index in [0.717, 1.165) is 0 Å². The molecule has 0 fully saturated rings. The summed E-state index contributed by atoms with van der Waals surface area (Å²) in [4.78, 5) is 14.4. The predicted molar refractivity (Wildman–Crippen MR) is 97.3 cm³/mol. The highest BCUT2D eigenvalue weighted by molar-refractivity contribution is 7.80. The molecule has 7 heteroatoms. The van der Waals surface area contributed by atoms with Crippen molar-refractivity contribution >= 4 is 23.3 Å². The van der Waals surface area contributed by atoms with Gasteiger partial charge in [0.25, 0.3) is 0 Å². The fourth-order valence-corrected chi connectivity index (χ4v) is 2.96. The van der Waals surface area contributed by atoms with Crippen molar-refractivity contribution in [2.75, 3.05) is 26.9 Å². The third-order valence-electron chi connectivity index (χ3n) is 3.83. The number of nitrogens with one attached hydrogen (secondary N) is 1. The number of esters is 1. The average molecular weight is 364 g/mol. The van der Waals surface area contributed by atoms with Crippen molar-refractivity contribution in [1.29, 1.82) is 0 Å². The lowest BCUT2D eigenvalue weighted by Gasteiger charge is -2.37. The van der Waals surface area contributed by atoms with E-state index in [1.54, 1.807) is 30.0 Å². The van der Waals surface area contributed by atoms with Gasteiger partial charge >= 0.3 is 5.97 Å². The van der Waals surface area contributed by atoms with Crippen molar-refractivity contribution in [3.8, 4) is 0 Å². The maximum Gasteiger partial charge on any atom is 0.338 e. The Morgan fingerprint density at radius 2 is 2.24 bits per heavy atom. The minimum atomic E-state index is -0.584. The number of nitrogens with zero attached hydrogens (tertiary/aromatic N) is 1. The van der Waals surface area contributed by atoms with Gasteiger partial charge in [-0.05, 0) is 36.8 Å². The molecule has 0 saturated heterocycles. The first kappa shape index (κ1) is 19.1. The van der Waals surface area contributed by atoms with E-state index in [4.69, 9.17) is 21.7 Å². The lowest BCUT2D eigenvalue weighted by atomic mass is 9.95. The van der Waals surface area contributed by atoms with Gasteiger partial charge in [0.2, 0.25) is 0 Å². The van der Waals surface area contributed by atoms with Crippen LogP contribution in [0.1, 0.15) is 18.5 Å². The fraction of sp³-hybridized carbons (Fsp3) is 0.333. The van der Waals surface area contributed by atoms with Gasteiger partial charge in [0.1, 0.15) is 12.4 Å². The average Bonchev–Trinajstić information content (AvgIpc) is 2.58. The van der Waals surface area contributed by atoms with Gasteiger partial charge in [-0.1, -0.05) is 18.2 Å². The Morgan fingerprint density at radius 3 is 2.88 bits per heavy atom. The molecular weight excluding hydrogens is 343 g/mol. The number of thiocarbonyl (C=S) groups is 1. The molecule has 0 amide bonds. The largest absolute Gasteiger partial charge is 0.460 e. The van der Waals surface area contributed by atoms with Gasteiger partial charge in [-0.3, -0.25) is 0 Å². The molecule has 0 bridgehead atoms. The van der Waals surface area contributed by atoms with Crippen molar-refractivity contribution in [3.05, 3.63) is 59.6 Å². The standard InChI is InChI=1S/C18H21FN2O3S/c1-4-8-21-12(2)15(17(22)24-10-9-23-3)16(20-18(21)25)13-6-5-7-14(19)11-13/h4-7,11,16H,1,8-10H2,2-3H3,(H,20,25)/t16-/m1/s1. The molecule has 0 aliphatic carbocycles. The molecule has 0 aromatic heterocycles. The minimum Gasteiger partial charge on any atom is -0.460 e. The molecule has 1 aliphatic rings. The van der Waals surface area contributed by atoms with Crippen LogP contribution in [0.2, 0.25) is 0 Å². The van der Waals surface area contributed by atoms with Crippen LogP contribution in [0.15, 0.2) is 48.2 Å². The van der Waals surface area contributed by atoms with E-state index in [1.807, 2.05) is 0 Å². The van der Waals surface area contributed by atoms with Crippen LogP contribution in [-0.2, 0) is 14.3 Å². The van der Waals surface area contributed by atoms with E-state index in [1.165, 1.54) is 19.2 Å². The Bertz CT molecular complexity index is 705. The summed E-state index contributed by atoms with van der Waals surface area (Å²) < 4.78 is 23.8. The number of carbonyl (C=O) groups excluding carboxylic acids is 1. The first-order valence-electron chi connectivity index (χ1n) is 7.80. The van der Waals surface area contributed by atoms with Crippen LogP contribution in [0.3, 0.4) is 0 Å². The summed E-state index contributed by atoms with van der Waals surface area (Å²) in [7, 11) is 1.53. The van der Waals surface area contributed by atoms with Gasteiger partial charge in [0.15, 0.2) is 5.11 Å². The molecule has 2 rings (SSSR count). The van der Waals surface area contributed by atoms with Gasteiger partial charge in [0.05, 0.1) is 18.2 Å². The van der Waals surface area contributed by atoms with Gasteiger partial charge in [-0.2, -0.15) is 0 Å². The zero-order valence-corrected chi connectivity index (χ0v) is 15.1. The molecule has 0 saturated carbocycles. The Morgan fingerprint density at radius 1 is 1.48 bits per heavy atom. The van der Waals surface area contributed by atoms with Crippen molar-refractivity contribution in [1.82, 2.24) is 10.2 Å². The highest BCUT2D eigenvalue weighted by atomic mass is 32.1. The summed E-state index contributed by atoms with van der Waals surface area (Å²) >= 11 is 5.39. The van der Waals surface area contributed by atoms with E-state index >= 15 is 0 Å². The first-order valence-corrected chi connectivity index (χ1v) is 8.21. The van der Waals surface area contributed by atoms with E-state index in [2.05, 4.69) is 11.9 Å². The maximum atomic E-state index is 13.7. The summed E-state index contributed by atoms with van der Waals surface area (Å²) in [5, 5.41) is 3.54. The van der Waals surface area contributed by atoms with Crippen LogP contribution in [0.25, 0.3) is 0 Å². The van der Waals surface area contributed by atoms with Crippen LogP contribution in [0.4, 0.5) is 4.39 Å². The zero-order chi connectivity index (χ0) is 18.4. The fourth-order valence-electron chi connectivity index (χ4n) is 2.63. The van der Waals surface area contributed by atoms with Gasteiger partial charge in [-0.15, -0.1) is 6.58 Å². The first-order chi connectivity index (χ1) is 12.0. The molecule has 0 unspecified atom stereocenters. The zero-order valence-electron chi connectivity index (χ0n) is 14.3. The van der Waals surface area contributed by atoms with Crippen molar-refractivity contribution in [3.63, 3.8) is 0 Å². The molecule has 1 aliphatic heterocycles. The SMILES string of the molecule is C=CCN1C(=S)N[C@H](c2cccc(F)c2)C(C(=O)OCCOC)=C1C. The van der Waals surface area contributed by atoms with E-state index in [-0.39, 0.29) is 12.4 Å². The molecular formula is C18H21FN2O3S. The number of benzene rings is 1. The number of allylic oxidation sites excluding steroid dienone is 1. The van der Waals surface area contributed by atoms with Gasteiger partial charge in [-0.25, -0.2) is 9.18 Å². The molecule has 1 aromatic rings. The Kier molecular flexibility index (Phi) is 6.66. The number of hydrogen-bond acceptors (Lipinski definition) is 4. The third kappa shape index (κ3) is 4.43. The van der Waals surface area contributed by atoms with Crippen molar-refractivity contribution in [2.45, 2.75) is 13.0 Å². The Balaban J connectivity index is 2.43. The summed E-state index contributed by atoms with van der Waals surface area (Å²) in [5.41, 5.74) is 1.64. The normalized spacial score (nSPS) is 17.3. The summed E-state index contributed by atoms with van der Waals surface area (Å²) in [6.45, 7) is 6.37. The molecule has 0 spiro atoms. The number of methoxy groups -OCH3 is 1. The number of ether oxygens (including phenoxy) is 2. The Labute approximate surface area is 152 Å². The van der Waals surface area contributed by atoms with E-state index < -0.39 is 12.0 Å². The summed E-state index contributed by atoms with van der Waals surface area (Å²) in [5.74, 6) is -0.878. The predicted octanol–water partition coefficient (Wildman–Crippen LogP) is 2.71. The van der Waals surface area contributed by atoms with Crippen LogP contribution >= 0.6 is 12.2 Å². The highest BCUT2D eigenvalue weighted by Crippen LogP contribution is 2.31. The van der Waals surface area contributed by atoms with Gasteiger partial charge in [0, 0.05) is 19.4 Å². The topological polar surface area (TPSA) is 50.8 Å². The van der Waals surface area contributed by atoms with Crippen molar-refractivity contribution < 1.29 is 18.7 Å². The number of hydrogen-bond donors (Lipinski definition) is 1. The third-order valence-corrected chi connectivity index (χ3v) is 4.17. The number of carbonyl (C=O) groups is 1. The monoisotopic (exact) mass is 364 g/mol.